The standard InChI is InChI=1S/C15H16N6OS/c1-9(2)11-5-4-6-12(17-11)14(22)19-15-18-13(20-23-15)10-7-16-21(3)8-10/h4-9H,1-3H3,(H,18,19,20,22). The summed E-state index contributed by atoms with van der Waals surface area (Å²) in [6.07, 6.45) is 3.50. The predicted octanol–water partition coefficient (Wildman–Crippen LogP) is 2.71. The second-order valence-electron chi connectivity index (χ2n) is 5.38. The molecule has 0 bridgehead atoms. The normalized spacial score (nSPS) is 11.0. The molecule has 0 radical (unpaired) electrons. The Balaban J connectivity index is 1.76. The zero-order valence-electron chi connectivity index (χ0n) is 13.0. The first kappa shape index (κ1) is 15.3. The van der Waals surface area contributed by atoms with E-state index in [9.17, 15) is 4.79 Å². The van der Waals surface area contributed by atoms with E-state index < -0.39 is 0 Å². The van der Waals surface area contributed by atoms with Crippen LogP contribution in [0.5, 0.6) is 0 Å². The van der Waals surface area contributed by atoms with Gasteiger partial charge in [0, 0.05) is 30.5 Å². The SMILES string of the molecule is CC(C)c1cccc(C(=O)Nc2nc(-c3cnn(C)c3)ns2)n1. The summed E-state index contributed by atoms with van der Waals surface area (Å²) in [5.41, 5.74) is 2.06. The van der Waals surface area contributed by atoms with E-state index in [2.05, 4.69) is 24.8 Å². The van der Waals surface area contributed by atoms with Crippen LogP contribution in [0.4, 0.5) is 5.13 Å². The van der Waals surface area contributed by atoms with Crippen molar-refractivity contribution in [2.45, 2.75) is 19.8 Å². The van der Waals surface area contributed by atoms with Crippen molar-refractivity contribution in [1.82, 2.24) is 24.1 Å². The number of hydrogen-bond acceptors (Lipinski definition) is 6. The molecule has 0 aliphatic carbocycles. The van der Waals surface area contributed by atoms with E-state index in [-0.39, 0.29) is 11.8 Å². The molecule has 3 aromatic heterocycles. The number of rotatable bonds is 4. The number of pyridine rings is 1. The first-order valence-electron chi connectivity index (χ1n) is 7.14. The number of carbonyl (C=O) groups is 1. The van der Waals surface area contributed by atoms with E-state index in [0.717, 1.165) is 22.8 Å². The average Bonchev–Trinajstić information content (AvgIpc) is 3.16. The van der Waals surface area contributed by atoms with Crippen LogP contribution in [0.1, 0.15) is 35.9 Å². The van der Waals surface area contributed by atoms with Crippen LogP contribution >= 0.6 is 11.5 Å². The third kappa shape index (κ3) is 3.42. The van der Waals surface area contributed by atoms with Gasteiger partial charge in [-0.05, 0) is 18.1 Å². The number of amides is 1. The van der Waals surface area contributed by atoms with Crippen molar-refractivity contribution in [3.05, 3.63) is 42.0 Å². The molecule has 0 saturated heterocycles. The molecule has 0 atom stereocenters. The summed E-state index contributed by atoms with van der Waals surface area (Å²) in [5, 5.41) is 7.25. The summed E-state index contributed by atoms with van der Waals surface area (Å²) < 4.78 is 5.91. The smallest absolute Gasteiger partial charge is 0.276 e. The maximum atomic E-state index is 12.3. The lowest BCUT2D eigenvalue weighted by Crippen LogP contribution is -2.14. The molecule has 7 nitrogen and oxygen atoms in total. The van der Waals surface area contributed by atoms with Crippen LogP contribution in [0.2, 0.25) is 0 Å². The largest absolute Gasteiger partial charge is 0.295 e. The van der Waals surface area contributed by atoms with Crippen molar-refractivity contribution >= 4 is 22.6 Å². The Hall–Kier alpha value is -2.61. The quantitative estimate of drug-likeness (QED) is 0.796. The molecule has 3 rings (SSSR count). The van der Waals surface area contributed by atoms with Crippen LogP contribution in [0.15, 0.2) is 30.6 Å². The number of carbonyl (C=O) groups excluding carboxylic acids is 1. The molecule has 0 aliphatic rings. The average molecular weight is 328 g/mol. The van der Waals surface area contributed by atoms with Crippen molar-refractivity contribution in [2.24, 2.45) is 7.05 Å². The maximum absolute atomic E-state index is 12.3. The van der Waals surface area contributed by atoms with E-state index >= 15 is 0 Å². The van der Waals surface area contributed by atoms with Gasteiger partial charge in [0.15, 0.2) is 5.82 Å². The lowest BCUT2D eigenvalue weighted by Gasteiger charge is -2.06. The molecule has 1 amide bonds. The second kappa shape index (κ2) is 6.25. The first-order valence-corrected chi connectivity index (χ1v) is 7.91. The Labute approximate surface area is 137 Å². The molecule has 3 aromatic rings. The number of aryl methyl sites for hydroxylation is 1. The van der Waals surface area contributed by atoms with Gasteiger partial charge in [-0.2, -0.15) is 14.5 Å². The number of hydrogen-bond donors (Lipinski definition) is 1. The molecular weight excluding hydrogens is 312 g/mol. The van der Waals surface area contributed by atoms with E-state index in [1.165, 1.54) is 0 Å². The van der Waals surface area contributed by atoms with Gasteiger partial charge in [-0.1, -0.05) is 19.9 Å². The molecule has 0 saturated carbocycles. The molecule has 23 heavy (non-hydrogen) atoms. The Bertz CT molecular complexity index is 838. The molecule has 0 aliphatic heterocycles. The minimum atomic E-state index is -0.290. The van der Waals surface area contributed by atoms with Gasteiger partial charge >= 0.3 is 0 Å². The fourth-order valence-corrected chi connectivity index (χ4v) is 2.57. The Morgan fingerprint density at radius 2 is 2.13 bits per heavy atom. The Morgan fingerprint density at radius 3 is 2.83 bits per heavy atom. The van der Waals surface area contributed by atoms with Crippen LogP contribution in [0.25, 0.3) is 11.4 Å². The van der Waals surface area contributed by atoms with E-state index in [1.807, 2.05) is 39.2 Å². The third-order valence-electron chi connectivity index (χ3n) is 3.20. The number of anilines is 1. The molecule has 1 N–H and O–H groups in total. The fraction of sp³-hybridized carbons (Fsp3) is 0.267. The summed E-state index contributed by atoms with van der Waals surface area (Å²) >= 11 is 1.13. The lowest BCUT2D eigenvalue weighted by molar-refractivity contribution is 0.102. The highest BCUT2D eigenvalue weighted by atomic mass is 32.1. The van der Waals surface area contributed by atoms with Crippen LogP contribution in [-0.2, 0) is 7.05 Å². The van der Waals surface area contributed by atoms with Crippen molar-refractivity contribution in [2.75, 3.05) is 5.32 Å². The lowest BCUT2D eigenvalue weighted by atomic mass is 10.1. The number of nitrogens with one attached hydrogen (secondary N) is 1. The predicted molar refractivity (Wildman–Crippen MR) is 88.4 cm³/mol. The van der Waals surface area contributed by atoms with Crippen molar-refractivity contribution in [1.29, 1.82) is 0 Å². The molecule has 0 spiro atoms. The minimum absolute atomic E-state index is 0.265. The van der Waals surface area contributed by atoms with E-state index in [1.54, 1.807) is 16.9 Å². The summed E-state index contributed by atoms with van der Waals surface area (Å²) in [6, 6.07) is 5.43. The van der Waals surface area contributed by atoms with Crippen LogP contribution in [0.3, 0.4) is 0 Å². The van der Waals surface area contributed by atoms with Crippen LogP contribution < -0.4 is 5.32 Å². The molecule has 0 fully saturated rings. The highest BCUT2D eigenvalue weighted by Crippen LogP contribution is 2.21. The number of aromatic nitrogens is 5. The van der Waals surface area contributed by atoms with Gasteiger partial charge in [0.2, 0.25) is 5.13 Å². The van der Waals surface area contributed by atoms with Crippen molar-refractivity contribution < 1.29 is 4.79 Å². The van der Waals surface area contributed by atoms with Gasteiger partial charge in [0.1, 0.15) is 5.69 Å². The molecule has 0 unspecified atom stereocenters. The summed E-state index contributed by atoms with van der Waals surface area (Å²) in [4.78, 5) is 21.0. The number of nitrogens with zero attached hydrogens (tertiary/aromatic N) is 5. The van der Waals surface area contributed by atoms with Crippen LogP contribution in [-0.4, -0.2) is 30.0 Å². The highest BCUT2D eigenvalue weighted by Gasteiger charge is 2.14. The topological polar surface area (TPSA) is 85.6 Å². The Morgan fingerprint density at radius 1 is 1.30 bits per heavy atom. The van der Waals surface area contributed by atoms with Crippen molar-refractivity contribution in [3.8, 4) is 11.4 Å². The molecule has 0 aromatic carbocycles. The second-order valence-corrected chi connectivity index (χ2v) is 6.13. The van der Waals surface area contributed by atoms with Gasteiger partial charge in [-0.3, -0.25) is 14.8 Å². The summed E-state index contributed by atoms with van der Waals surface area (Å²) in [6.45, 7) is 4.07. The first-order chi connectivity index (χ1) is 11.0. The fourth-order valence-electron chi connectivity index (χ4n) is 1.99. The van der Waals surface area contributed by atoms with Gasteiger partial charge in [0.25, 0.3) is 5.91 Å². The molecular formula is C15H16N6OS. The van der Waals surface area contributed by atoms with Gasteiger partial charge < -0.3 is 0 Å². The van der Waals surface area contributed by atoms with Gasteiger partial charge in [-0.25, -0.2) is 4.98 Å². The highest BCUT2D eigenvalue weighted by molar-refractivity contribution is 7.10. The molecule has 3 heterocycles. The molecule has 118 valence electrons. The van der Waals surface area contributed by atoms with Crippen molar-refractivity contribution in [3.63, 3.8) is 0 Å². The summed E-state index contributed by atoms with van der Waals surface area (Å²) in [5.74, 6) is 0.519. The third-order valence-corrected chi connectivity index (χ3v) is 3.83. The van der Waals surface area contributed by atoms with E-state index in [0.29, 0.717) is 16.6 Å². The van der Waals surface area contributed by atoms with Gasteiger partial charge in [-0.15, -0.1) is 0 Å². The van der Waals surface area contributed by atoms with Crippen LogP contribution in [0, 0.1) is 0 Å². The molecule has 8 heteroatoms. The monoisotopic (exact) mass is 328 g/mol. The Kier molecular flexibility index (Phi) is 4.16. The zero-order valence-corrected chi connectivity index (χ0v) is 13.8. The van der Waals surface area contributed by atoms with E-state index in [4.69, 9.17) is 0 Å². The maximum Gasteiger partial charge on any atom is 0.276 e. The summed E-state index contributed by atoms with van der Waals surface area (Å²) in [7, 11) is 1.83. The zero-order chi connectivity index (χ0) is 16.4. The van der Waals surface area contributed by atoms with Gasteiger partial charge in [0.05, 0.1) is 11.8 Å². The minimum Gasteiger partial charge on any atom is -0.295 e.